The molecular formula is C18H18FN3O6. The number of anilines is 1. The summed E-state index contributed by atoms with van der Waals surface area (Å²) >= 11 is 0. The van der Waals surface area contributed by atoms with Gasteiger partial charge in [0.05, 0.1) is 19.1 Å². The number of amides is 2. The Morgan fingerprint density at radius 3 is 2.32 bits per heavy atom. The van der Waals surface area contributed by atoms with Crippen LogP contribution in [0.3, 0.4) is 0 Å². The van der Waals surface area contributed by atoms with E-state index in [0.29, 0.717) is 17.1 Å². The van der Waals surface area contributed by atoms with Gasteiger partial charge in [0, 0.05) is 36.3 Å². The molecule has 2 N–H and O–H groups in total. The van der Waals surface area contributed by atoms with Gasteiger partial charge in [-0.3, -0.25) is 19.7 Å². The van der Waals surface area contributed by atoms with Crippen molar-refractivity contribution in [3.63, 3.8) is 0 Å². The summed E-state index contributed by atoms with van der Waals surface area (Å²) in [6, 6.07) is 7.69. The summed E-state index contributed by atoms with van der Waals surface area (Å²) < 4.78 is 23.5. The lowest BCUT2D eigenvalue weighted by Crippen LogP contribution is -2.27. The maximum absolute atomic E-state index is 13.3. The first-order chi connectivity index (χ1) is 13.3. The van der Waals surface area contributed by atoms with Gasteiger partial charge in [-0.05, 0) is 24.3 Å². The molecule has 0 unspecified atom stereocenters. The number of ether oxygens (including phenoxy) is 2. The van der Waals surface area contributed by atoms with Crippen molar-refractivity contribution in [2.45, 2.75) is 6.42 Å². The van der Waals surface area contributed by atoms with Crippen LogP contribution in [0, 0.1) is 15.9 Å². The minimum atomic E-state index is -0.996. The van der Waals surface area contributed by atoms with Gasteiger partial charge in [-0.15, -0.1) is 0 Å². The molecule has 0 heterocycles. The van der Waals surface area contributed by atoms with E-state index in [1.807, 2.05) is 0 Å². The number of nitro groups is 1. The lowest BCUT2D eigenvalue weighted by molar-refractivity contribution is -0.387. The van der Waals surface area contributed by atoms with E-state index in [-0.39, 0.29) is 18.7 Å². The normalized spacial score (nSPS) is 10.1. The van der Waals surface area contributed by atoms with Gasteiger partial charge in [0.15, 0.2) is 0 Å². The maximum Gasteiger partial charge on any atom is 0.306 e. The molecule has 0 aromatic heterocycles. The van der Waals surface area contributed by atoms with E-state index < -0.39 is 28.2 Å². The summed E-state index contributed by atoms with van der Waals surface area (Å²) in [5, 5.41) is 15.7. The minimum absolute atomic E-state index is 0.0213. The van der Waals surface area contributed by atoms with Crippen LogP contribution in [0.4, 0.5) is 15.8 Å². The number of hydrogen-bond donors (Lipinski definition) is 2. The van der Waals surface area contributed by atoms with E-state index in [0.717, 1.165) is 12.1 Å². The van der Waals surface area contributed by atoms with Crippen LogP contribution in [0.1, 0.15) is 16.8 Å². The van der Waals surface area contributed by atoms with Gasteiger partial charge in [-0.1, -0.05) is 0 Å². The van der Waals surface area contributed by atoms with Crippen molar-refractivity contribution in [1.29, 1.82) is 0 Å². The lowest BCUT2D eigenvalue weighted by Gasteiger charge is -2.09. The van der Waals surface area contributed by atoms with Crippen LogP contribution in [-0.4, -0.2) is 37.5 Å². The molecule has 0 radical (unpaired) electrons. The predicted octanol–water partition coefficient (Wildman–Crippen LogP) is 2.51. The van der Waals surface area contributed by atoms with Gasteiger partial charge in [-0.25, -0.2) is 0 Å². The van der Waals surface area contributed by atoms with Gasteiger partial charge < -0.3 is 20.1 Å². The molecule has 2 aromatic carbocycles. The first kappa shape index (κ1) is 20.6. The first-order valence-electron chi connectivity index (χ1n) is 8.09. The van der Waals surface area contributed by atoms with Crippen LogP contribution in [0.5, 0.6) is 11.5 Å². The zero-order valence-electron chi connectivity index (χ0n) is 15.2. The van der Waals surface area contributed by atoms with E-state index in [1.165, 1.54) is 32.4 Å². The van der Waals surface area contributed by atoms with Gasteiger partial charge in [0.1, 0.15) is 11.5 Å². The number of methoxy groups -OCH3 is 2. The van der Waals surface area contributed by atoms with Crippen LogP contribution in [0.25, 0.3) is 0 Å². The summed E-state index contributed by atoms with van der Waals surface area (Å²) in [7, 11) is 2.92. The highest BCUT2D eigenvalue weighted by Crippen LogP contribution is 2.23. The number of nitrogens with zero attached hydrogens (tertiary/aromatic N) is 1. The Labute approximate surface area is 159 Å². The highest BCUT2D eigenvalue weighted by atomic mass is 19.1. The molecule has 2 amide bonds. The van der Waals surface area contributed by atoms with Crippen molar-refractivity contribution in [1.82, 2.24) is 5.32 Å². The largest absolute Gasteiger partial charge is 0.497 e. The highest BCUT2D eigenvalue weighted by molar-refractivity contribution is 5.96. The SMILES string of the molecule is COc1cc(OC)cc(C(=O)NCCC(=O)Nc2ccc(F)c([N+](=O)[O-])c2)c1. The topological polar surface area (TPSA) is 120 Å². The van der Waals surface area contributed by atoms with E-state index in [9.17, 15) is 24.1 Å². The van der Waals surface area contributed by atoms with Crippen molar-refractivity contribution < 1.29 is 28.4 Å². The Hall–Kier alpha value is -3.69. The Balaban J connectivity index is 1.91. The molecule has 9 nitrogen and oxygen atoms in total. The van der Waals surface area contributed by atoms with Crippen LogP contribution in [0.2, 0.25) is 0 Å². The fourth-order valence-corrected chi connectivity index (χ4v) is 2.28. The van der Waals surface area contributed by atoms with Crippen LogP contribution in [-0.2, 0) is 4.79 Å². The Morgan fingerprint density at radius 2 is 1.75 bits per heavy atom. The molecule has 2 aromatic rings. The van der Waals surface area contributed by atoms with Crippen molar-refractivity contribution in [3.8, 4) is 11.5 Å². The molecule has 0 bridgehead atoms. The van der Waals surface area contributed by atoms with Crippen molar-refractivity contribution in [2.75, 3.05) is 26.1 Å². The molecule has 0 fully saturated rings. The van der Waals surface area contributed by atoms with Gasteiger partial charge in [-0.2, -0.15) is 4.39 Å². The van der Waals surface area contributed by atoms with E-state index >= 15 is 0 Å². The quantitative estimate of drug-likeness (QED) is 0.527. The number of nitrogens with one attached hydrogen (secondary N) is 2. The fraction of sp³-hybridized carbons (Fsp3) is 0.222. The first-order valence-corrected chi connectivity index (χ1v) is 8.09. The zero-order valence-corrected chi connectivity index (χ0v) is 15.2. The fourth-order valence-electron chi connectivity index (χ4n) is 2.28. The van der Waals surface area contributed by atoms with Gasteiger partial charge >= 0.3 is 5.69 Å². The second-order valence-corrected chi connectivity index (χ2v) is 5.58. The molecule has 0 atom stereocenters. The molecule has 0 spiro atoms. The molecule has 28 heavy (non-hydrogen) atoms. The lowest BCUT2D eigenvalue weighted by atomic mass is 10.2. The molecule has 0 aliphatic carbocycles. The predicted molar refractivity (Wildman–Crippen MR) is 98.2 cm³/mol. The average Bonchev–Trinajstić information content (AvgIpc) is 2.68. The van der Waals surface area contributed by atoms with Crippen molar-refractivity contribution in [3.05, 3.63) is 57.9 Å². The highest BCUT2D eigenvalue weighted by Gasteiger charge is 2.15. The summed E-state index contributed by atoms with van der Waals surface area (Å²) in [6.07, 6.45) is -0.0853. The monoisotopic (exact) mass is 391 g/mol. The molecule has 148 valence electrons. The third kappa shape index (κ3) is 5.40. The van der Waals surface area contributed by atoms with E-state index in [1.54, 1.807) is 6.07 Å². The molecule has 10 heteroatoms. The standard InChI is InChI=1S/C18H18FN3O6/c1-27-13-7-11(8-14(10-13)28-2)18(24)20-6-5-17(23)21-12-3-4-15(19)16(9-12)22(25)26/h3-4,7-10H,5-6H2,1-2H3,(H,20,24)(H,21,23). The van der Waals surface area contributed by atoms with E-state index in [4.69, 9.17) is 9.47 Å². The van der Waals surface area contributed by atoms with Gasteiger partial charge in [0.2, 0.25) is 11.7 Å². The Kier molecular flexibility index (Phi) is 6.85. The second kappa shape index (κ2) is 9.31. The molecular weight excluding hydrogens is 373 g/mol. The zero-order chi connectivity index (χ0) is 20.7. The average molecular weight is 391 g/mol. The Morgan fingerprint density at radius 1 is 1.11 bits per heavy atom. The molecule has 0 saturated heterocycles. The van der Waals surface area contributed by atoms with Crippen molar-refractivity contribution >= 4 is 23.2 Å². The molecule has 0 saturated carbocycles. The third-order valence-electron chi connectivity index (χ3n) is 3.68. The van der Waals surface area contributed by atoms with E-state index in [2.05, 4.69) is 10.6 Å². The summed E-state index contributed by atoms with van der Waals surface area (Å²) in [6.45, 7) is 0.0213. The number of hydrogen-bond acceptors (Lipinski definition) is 6. The number of benzene rings is 2. The van der Waals surface area contributed by atoms with Crippen LogP contribution < -0.4 is 20.1 Å². The van der Waals surface area contributed by atoms with Crippen LogP contribution >= 0.6 is 0 Å². The molecule has 2 rings (SSSR count). The Bertz CT molecular complexity index is 881. The minimum Gasteiger partial charge on any atom is -0.497 e. The number of carbonyl (C=O) groups is 2. The maximum atomic E-state index is 13.3. The van der Waals surface area contributed by atoms with Crippen LogP contribution in [0.15, 0.2) is 36.4 Å². The smallest absolute Gasteiger partial charge is 0.306 e. The molecule has 0 aliphatic heterocycles. The summed E-state index contributed by atoms with van der Waals surface area (Å²) in [5.41, 5.74) is -0.356. The van der Waals surface area contributed by atoms with Gasteiger partial charge in [0.25, 0.3) is 5.91 Å². The number of nitro benzene ring substituents is 1. The number of halogens is 1. The van der Waals surface area contributed by atoms with Crippen molar-refractivity contribution in [2.24, 2.45) is 0 Å². The summed E-state index contributed by atoms with van der Waals surface area (Å²) in [5.74, 6) is -1.03. The summed E-state index contributed by atoms with van der Waals surface area (Å²) in [4.78, 5) is 34.0. The second-order valence-electron chi connectivity index (χ2n) is 5.58. The molecule has 0 aliphatic rings. The third-order valence-corrected chi connectivity index (χ3v) is 3.68. The number of carbonyl (C=O) groups excluding carboxylic acids is 2. The number of rotatable bonds is 8.